The molecule has 4 nitrogen and oxygen atoms in total. The maximum Gasteiger partial charge on any atom is 0.573 e. The lowest BCUT2D eigenvalue weighted by Gasteiger charge is -2.10. The van der Waals surface area contributed by atoms with Crippen molar-refractivity contribution in [2.24, 2.45) is 0 Å². The second kappa shape index (κ2) is 5.51. The predicted octanol–water partition coefficient (Wildman–Crippen LogP) is 3.44. The summed E-state index contributed by atoms with van der Waals surface area (Å²) in [5, 5.41) is 9.12. The first-order valence-electron chi connectivity index (χ1n) is 6.00. The number of carboxylic acid groups (broad SMARTS) is 1. The second-order valence-corrected chi connectivity index (χ2v) is 4.47. The lowest BCUT2D eigenvalue weighted by Crippen LogP contribution is -2.17. The Morgan fingerprint density at radius 1 is 1.24 bits per heavy atom. The molecule has 1 aromatic heterocycles. The number of aromatic carboxylic acids is 1. The lowest BCUT2D eigenvalue weighted by atomic mass is 10.2. The third kappa shape index (κ3) is 3.77. The first-order chi connectivity index (χ1) is 9.76. The van der Waals surface area contributed by atoms with E-state index in [4.69, 9.17) is 5.11 Å². The minimum absolute atomic E-state index is 0.158. The molecule has 0 radical (unpaired) electrons. The van der Waals surface area contributed by atoms with E-state index in [0.717, 1.165) is 0 Å². The number of halogens is 3. The van der Waals surface area contributed by atoms with Gasteiger partial charge in [0.2, 0.25) is 0 Å². The van der Waals surface area contributed by atoms with Crippen LogP contribution < -0.4 is 4.74 Å². The van der Waals surface area contributed by atoms with E-state index < -0.39 is 12.3 Å². The summed E-state index contributed by atoms with van der Waals surface area (Å²) in [7, 11) is 0. The van der Waals surface area contributed by atoms with Crippen LogP contribution in [0.2, 0.25) is 0 Å². The molecule has 1 aromatic carbocycles. The van der Waals surface area contributed by atoms with Crippen LogP contribution in [0.4, 0.5) is 13.2 Å². The van der Waals surface area contributed by atoms with Crippen molar-refractivity contribution in [1.29, 1.82) is 0 Å². The van der Waals surface area contributed by atoms with E-state index in [1.165, 1.54) is 28.8 Å². The van der Waals surface area contributed by atoms with Crippen LogP contribution in [0, 0.1) is 6.92 Å². The first-order valence-corrected chi connectivity index (χ1v) is 6.00. The van der Waals surface area contributed by atoms with E-state index in [9.17, 15) is 18.0 Å². The Bertz CT molecular complexity index is 644. The minimum Gasteiger partial charge on any atom is -0.477 e. The number of carbonyl (C=O) groups is 1. The number of nitrogens with zero attached hydrogens (tertiary/aromatic N) is 1. The molecule has 0 saturated heterocycles. The minimum atomic E-state index is -4.73. The molecule has 0 saturated carbocycles. The lowest BCUT2D eigenvalue weighted by molar-refractivity contribution is -0.274. The molecule has 0 atom stereocenters. The summed E-state index contributed by atoms with van der Waals surface area (Å²) in [4.78, 5) is 11.1. The number of hydrogen-bond donors (Lipinski definition) is 1. The molecule has 0 spiro atoms. The molecule has 2 aromatic rings. The van der Waals surface area contributed by atoms with Crippen molar-refractivity contribution >= 4 is 5.97 Å². The molecule has 0 aliphatic carbocycles. The van der Waals surface area contributed by atoms with Crippen molar-refractivity contribution in [3.8, 4) is 5.75 Å². The number of alkyl halides is 3. The van der Waals surface area contributed by atoms with Crippen LogP contribution in [0.1, 0.15) is 21.6 Å². The quantitative estimate of drug-likeness (QED) is 0.941. The molecule has 1 N–H and O–H groups in total. The summed E-state index contributed by atoms with van der Waals surface area (Å²) in [5.74, 6) is -1.36. The van der Waals surface area contributed by atoms with Crippen molar-refractivity contribution in [3.05, 3.63) is 53.3 Å². The number of aryl methyl sites for hydroxylation is 1. The molecule has 112 valence electrons. The molecular weight excluding hydrogens is 287 g/mol. The Morgan fingerprint density at radius 3 is 2.38 bits per heavy atom. The van der Waals surface area contributed by atoms with Crippen LogP contribution in [0.15, 0.2) is 36.5 Å². The van der Waals surface area contributed by atoms with Crippen molar-refractivity contribution in [2.45, 2.75) is 19.8 Å². The van der Waals surface area contributed by atoms with E-state index in [1.54, 1.807) is 19.2 Å². The molecule has 21 heavy (non-hydrogen) atoms. The van der Waals surface area contributed by atoms with Crippen molar-refractivity contribution in [1.82, 2.24) is 4.57 Å². The van der Waals surface area contributed by atoms with Gasteiger partial charge in [-0.1, -0.05) is 12.1 Å². The fourth-order valence-electron chi connectivity index (χ4n) is 2.00. The fourth-order valence-corrected chi connectivity index (χ4v) is 2.00. The zero-order chi connectivity index (χ0) is 15.6. The van der Waals surface area contributed by atoms with Gasteiger partial charge in [-0.2, -0.15) is 0 Å². The maximum absolute atomic E-state index is 12.0. The number of ether oxygens (including phenoxy) is 1. The van der Waals surface area contributed by atoms with Gasteiger partial charge in [0.05, 0.1) is 0 Å². The molecular formula is C14H12F3NO3. The van der Waals surface area contributed by atoms with Gasteiger partial charge in [0.25, 0.3) is 0 Å². The maximum atomic E-state index is 12.0. The van der Waals surface area contributed by atoms with Gasteiger partial charge >= 0.3 is 12.3 Å². The smallest absolute Gasteiger partial charge is 0.477 e. The van der Waals surface area contributed by atoms with Crippen LogP contribution in [-0.2, 0) is 6.54 Å². The number of carboxylic acids is 1. The monoisotopic (exact) mass is 299 g/mol. The molecule has 7 heteroatoms. The van der Waals surface area contributed by atoms with Crippen molar-refractivity contribution in [3.63, 3.8) is 0 Å². The van der Waals surface area contributed by atoms with Crippen LogP contribution in [0.25, 0.3) is 0 Å². The van der Waals surface area contributed by atoms with E-state index in [0.29, 0.717) is 11.1 Å². The number of hydrogen-bond acceptors (Lipinski definition) is 2. The molecule has 0 bridgehead atoms. The Kier molecular flexibility index (Phi) is 3.93. The first kappa shape index (κ1) is 15.0. The molecule has 0 aliphatic heterocycles. The van der Waals surface area contributed by atoms with Gasteiger partial charge in [0, 0.05) is 12.7 Å². The van der Waals surface area contributed by atoms with Gasteiger partial charge < -0.3 is 14.4 Å². The van der Waals surface area contributed by atoms with E-state index in [1.807, 2.05) is 0 Å². The average molecular weight is 299 g/mol. The van der Waals surface area contributed by atoms with E-state index in [-0.39, 0.29) is 18.0 Å². The SMILES string of the molecule is Cc1ccn(Cc2ccc(OC(F)(F)F)cc2)c1C(=O)O. The summed E-state index contributed by atoms with van der Waals surface area (Å²) in [6.07, 6.45) is -3.10. The van der Waals surface area contributed by atoms with Gasteiger partial charge in [-0.05, 0) is 36.2 Å². The highest BCUT2D eigenvalue weighted by Crippen LogP contribution is 2.23. The normalized spacial score (nSPS) is 11.4. The molecule has 0 amide bonds. The van der Waals surface area contributed by atoms with Gasteiger partial charge in [0.1, 0.15) is 11.4 Å². The summed E-state index contributed by atoms with van der Waals surface area (Å²) in [5.41, 5.74) is 1.45. The van der Waals surface area contributed by atoms with Crippen LogP contribution in [0.3, 0.4) is 0 Å². The fraction of sp³-hybridized carbons (Fsp3) is 0.214. The summed E-state index contributed by atoms with van der Waals surface area (Å²) < 4.78 is 41.4. The summed E-state index contributed by atoms with van der Waals surface area (Å²) in [6, 6.07) is 6.98. The molecule has 0 unspecified atom stereocenters. The predicted molar refractivity (Wildman–Crippen MR) is 68.4 cm³/mol. The van der Waals surface area contributed by atoms with Gasteiger partial charge in [-0.25, -0.2) is 4.79 Å². The Labute approximate surface area is 118 Å². The standard InChI is InChI=1S/C14H12F3NO3/c1-9-6-7-18(12(9)13(19)20)8-10-2-4-11(5-3-10)21-14(15,16)17/h2-7H,8H2,1H3,(H,19,20). The van der Waals surface area contributed by atoms with Crippen LogP contribution in [0.5, 0.6) is 5.75 Å². The van der Waals surface area contributed by atoms with Gasteiger partial charge in [-0.3, -0.25) is 0 Å². The number of benzene rings is 1. The Balaban J connectivity index is 2.16. The van der Waals surface area contributed by atoms with Crippen LogP contribution in [-0.4, -0.2) is 22.0 Å². The molecule has 1 heterocycles. The zero-order valence-electron chi connectivity index (χ0n) is 11.0. The number of aromatic nitrogens is 1. The van der Waals surface area contributed by atoms with Crippen LogP contribution >= 0.6 is 0 Å². The Hall–Kier alpha value is -2.44. The highest BCUT2D eigenvalue weighted by molar-refractivity contribution is 5.87. The average Bonchev–Trinajstić information content (AvgIpc) is 2.71. The molecule has 0 aliphatic rings. The van der Waals surface area contributed by atoms with Crippen molar-refractivity contribution < 1.29 is 27.8 Å². The topological polar surface area (TPSA) is 51.5 Å². The number of rotatable bonds is 4. The third-order valence-corrected chi connectivity index (χ3v) is 2.88. The van der Waals surface area contributed by atoms with Crippen molar-refractivity contribution in [2.75, 3.05) is 0 Å². The molecule has 0 fully saturated rings. The zero-order valence-corrected chi connectivity index (χ0v) is 11.0. The molecule has 2 rings (SSSR count). The van der Waals surface area contributed by atoms with E-state index >= 15 is 0 Å². The van der Waals surface area contributed by atoms with Gasteiger partial charge in [0.15, 0.2) is 0 Å². The van der Waals surface area contributed by atoms with Gasteiger partial charge in [-0.15, -0.1) is 13.2 Å². The highest BCUT2D eigenvalue weighted by atomic mass is 19.4. The van der Waals surface area contributed by atoms with E-state index in [2.05, 4.69) is 4.74 Å². The summed E-state index contributed by atoms with van der Waals surface area (Å²) in [6.45, 7) is 1.93. The highest BCUT2D eigenvalue weighted by Gasteiger charge is 2.30. The largest absolute Gasteiger partial charge is 0.573 e. The summed E-state index contributed by atoms with van der Waals surface area (Å²) >= 11 is 0. The Morgan fingerprint density at radius 2 is 1.86 bits per heavy atom. The second-order valence-electron chi connectivity index (χ2n) is 4.47. The third-order valence-electron chi connectivity index (χ3n) is 2.88.